The number of hydrogen-bond acceptors (Lipinski definition) is 7. The van der Waals surface area contributed by atoms with E-state index in [0.29, 0.717) is 22.8 Å². The molecule has 176 valence electrons. The fourth-order valence-corrected chi connectivity index (χ4v) is 5.52. The topological polar surface area (TPSA) is 126 Å². The fourth-order valence-electron chi connectivity index (χ4n) is 3.89. The van der Waals surface area contributed by atoms with Crippen molar-refractivity contribution in [2.75, 3.05) is 18.5 Å². The molecule has 2 aromatic carbocycles. The first-order chi connectivity index (χ1) is 15.6. The minimum Gasteiger partial charge on any atom is -0.488 e. The van der Waals surface area contributed by atoms with Gasteiger partial charge in [-0.1, -0.05) is 24.6 Å². The average molecular weight is 497 g/mol. The Labute approximate surface area is 194 Å². The van der Waals surface area contributed by atoms with Crippen LogP contribution in [0.4, 0.5) is 10.1 Å². The van der Waals surface area contributed by atoms with Crippen LogP contribution in [0.2, 0.25) is 5.02 Å². The van der Waals surface area contributed by atoms with Crippen LogP contribution < -0.4 is 20.5 Å². The largest absolute Gasteiger partial charge is 0.488 e. The zero-order valence-corrected chi connectivity index (χ0v) is 19.6. The number of H-pyrrole nitrogens is 1. The molecule has 0 saturated carbocycles. The highest BCUT2D eigenvalue weighted by atomic mass is 35.5. The van der Waals surface area contributed by atoms with Crippen LogP contribution >= 0.6 is 11.6 Å². The quantitative estimate of drug-likeness (QED) is 0.477. The van der Waals surface area contributed by atoms with Gasteiger partial charge in [-0.2, -0.15) is 4.72 Å². The summed E-state index contributed by atoms with van der Waals surface area (Å²) in [7, 11) is -4.26. The summed E-state index contributed by atoms with van der Waals surface area (Å²) in [4.78, 5) is 11.5. The van der Waals surface area contributed by atoms with E-state index in [1.807, 2.05) is 6.92 Å². The number of sulfonamides is 1. The van der Waals surface area contributed by atoms with Crippen LogP contribution in [-0.2, 0) is 10.0 Å². The van der Waals surface area contributed by atoms with Gasteiger partial charge in [-0.05, 0) is 48.7 Å². The Balaban J connectivity index is 1.81. The second-order valence-corrected chi connectivity index (χ2v) is 9.86. The molecule has 9 nitrogen and oxygen atoms in total. The van der Waals surface area contributed by atoms with Crippen molar-refractivity contribution in [1.82, 2.24) is 14.9 Å². The molecule has 2 heterocycles. The molecule has 2 atom stereocenters. The van der Waals surface area contributed by atoms with Crippen LogP contribution in [-0.4, -0.2) is 31.8 Å². The maximum Gasteiger partial charge on any atom is 0.434 e. The highest BCUT2D eigenvalue weighted by Gasteiger charge is 2.35. The van der Waals surface area contributed by atoms with E-state index in [1.165, 1.54) is 18.2 Å². The van der Waals surface area contributed by atoms with Crippen LogP contribution in [0.5, 0.6) is 5.75 Å². The van der Waals surface area contributed by atoms with E-state index in [-0.39, 0.29) is 28.7 Å². The predicted octanol–water partition coefficient (Wildman–Crippen LogP) is 3.40. The number of hydrogen-bond donors (Lipinski definition) is 3. The van der Waals surface area contributed by atoms with E-state index in [9.17, 15) is 17.6 Å². The van der Waals surface area contributed by atoms with Gasteiger partial charge in [-0.25, -0.2) is 22.7 Å². The first kappa shape index (κ1) is 23.3. The number of ether oxygens (including phenoxy) is 1. The molecular weight excluding hydrogens is 475 g/mol. The minimum absolute atomic E-state index is 0.0778. The molecule has 3 aromatic rings. The molecule has 1 aromatic heterocycles. The number of nitrogens with zero attached hydrogens (tertiary/aromatic N) is 1. The van der Waals surface area contributed by atoms with Crippen LogP contribution in [0.1, 0.15) is 41.5 Å². The van der Waals surface area contributed by atoms with Crippen molar-refractivity contribution >= 4 is 27.3 Å². The standard InChI is InChI=1S/C21H22ClFN4O5S/c1-10-4-6-14(23)16(11(10)2)12(3)17(20-25-26-21(28)32-20)27-33(29,30)15-7-5-13(22)18-19(15)31-9-8-24-18/h4-7,12,17,24,27H,8-9H2,1-3H3,(H,26,28). The Morgan fingerprint density at radius 2 is 2.00 bits per heavy atom. The van der Waals surface area contributed by atoms with Crippen LogP contribution in [0.3, 0.4) is 0 Å². The number of halogens is 2. The highest BCUT2D eigenvalue weighted by molar-refractivity contribution is 7.89. The molecule has 0 saturated heterocycles. The highest BCUT2D eigenvalue weighted by Crippen LogP contribution is 2.41. The molecule has 3 N–H and O–H groups in total. The van der Waals surface area contributed by atoms with Crippen molar-refractivity contribution in [3.8, 4) is 5.75 Å². The Bertz CT molecular complexity index is 1370. The molecule has 0 fully saturated rings. The summed E-state index contributed by atoms with van der Waals surface area (Å²) in [5.74, 6) is -2.30. The smallest absolute Gasteiger partial charge is 0.434 e. The Morgan fingerprint density at radius 1 is 1.24 bits per heavy atom. The molecule has 33 heavy (non-hydrogen) atoms. The molecule has 2 unspecified atom stereocenters. The molecule has 0 bridgehead atoms. The van der Waals surface area contributed by atoms with Crippen molar-refractivity contribution in [2.24, 2.45) is 0 Å². The van der Waals surface area contributed by atoms with E-state index in [1.54, 1.807) is 19.9 Å². The summed E-state index contributed by atoms with van der Waals surface area (Å²) >= 11 is 6.19. The number of rotatable bonds is 6. The molecule has 12 heteroatoms. The van der Waals surface area contributed by atoms with E-state index >= 15 is 0 Å². The molecule has 0 aliphatic carbocycles. The van der Waals surface area contributed by atoms with E-state index < -0.39 is 33.6 Å². The monoisotopic (exact) mass is 496 g/mol. The van der Waals surface area contributed by atoms with Crippen LogP contribution in [0.15, 0.2) is 38.4 Å². The number of anilines is 1. The summed E-state index contributed by atoms with van der Waals surface area (Å²) in [5, 5.41) is 9.27. The third-order valence-corrected chi connectivity index (χ3v) is 7.48. The summed E-state index contributed by atoms with van der Waals surface area (Å²) in [6.45, 7) is 5.90. The minimum atomic E-state index is -4.26. The van der Waals surface area contributed by atoms with Crippen molar-refractivity contribution in [3.05, 3.63) is 68.2 Å². The average Bonchev–Trinajstić information content (AvgIpc) is 3.21. The molecular formula is C21H22ClFN4O5S. The molecule has 1 aliphatic heterocycles. The van der Waals surface area contributed by atoms with Gasteiger partial charge in [-0.15, -0.1) is 5.10 Å². The van der Waals surface area contributed by atoms with Crippen LogP contribution in [0, 0.1) is 19.7 Å². The summed E-state index contributed by atoms with van der Waals surface area (Å²) in [5.41, 5.74) is 2.13. The lowest BCUT2D eigenvalue weighted by atomic mass is 9.88. The first-order valence-electron chi connectivity index (χ1n) is 10.1. The third kappa shape index (κ3) is 4.35. The maximum atomic E-state index is 14.8. The lowest BCUT2D eigenvalue weighted by Gasteiger charge is -2.26. The van der Waals surface area contributed by atoms with Gasteiger partial charge in [0.05, 0.1) is 10.7 Å². The lowest BCUT2D eigenvalue weighted by molar-refractivity contribution is 0.314. The Kier molecular flexibility index (Phi) is 6.21. The number of aromatic amines is 1. The number of aryl methyl sites for hydroxylation is 1. The van der Waals surface area contributed by atoms with Gasteiger partial charge in [0, 0.05) is 12.5 Å². The molecule has 0 amide bonds. The van der Waals surface area contributed by atoms with Gasteiger partial charge in [-0.3, -0.25) is 0 Å². The SMILES string of the molecule is Cc1ccc(F)c(C(C)C(NS(=O)(=O)c2ccc(Cl)c3c2OCCN3)c2n[nH]c(=O)o2)c1C. The van der Waals surface area contributed by atoms with Gasteiger partial charge in [0.2, 0.25) is 15.9 Å². The van der Waals surface area contributed by atoms with E-state index in [0.717, 1.165) is 5.56 Å². The second-order valence-electron chi connectivity index (χ2n) is 7.77. The fraction of sp³-hybridized carbons (Fsp3) is 0.333. The van der Waals surface area contributed by atoms with Gasteiger partial charge in [0.1, 0.15) is 23.4 Å². The van der Waals surface area contributed by atoms with Crippen molar-refractivity contribution in [3.63, 3.8) is 0 Å². The number of fused-ring (bicyclic) bond motifs is 1. The van der Waals surface area contributed by atoms with E-state index in [2.05, 4.69) is 20.2 Å². The van der Waals surface area contributed by atoms with Gasteiger partial charge < -0.3 is 14.5 Å². The van der Waals surface area contributed by atoms with Gasteiger partial charge in [0.15, 0.2) is 5.75 Å². The van der Waals surface area contributed by atoms with Crippen molar-refractivity contribution < 1.29 is 22.0 Å². The Morgan fingerprint density at radius 3 is 2.70 bits per heavy atom. The summed E-state index contributed by atoms with van der Waals surface area (Å²) in [6, 6.07) is 4.51. The molecule has 1 aliphatic rings. The van der Waals surface area contributed by atoms with Crippen LogP contribution in [0.25, 0.3) is 0 Å². The molecule has 0 radical (unpaired) electrons. The van der Waals surface area contributed by atoms with Gasteiger partial charge in [0.25, 0.3) is 0 Å². The zero-order chi connectivity index (χ0) is 23.9. The zero-order valence-electron chi connectivity index (χ0n) is 18.0. The predicted molar refractivity (Wildman–Crippen MR) is 120 cm³/mol. The second kappa shape index (κ2) is 8.81. The Hall–Kier alpha value is -2.89. The van der Waals surface area contributed by atoms with E-state index in [4.69, 9.17) is 20.8 Å². The summed E-state index contributed by atoms with van der Waals surface area (Å²) < 4.78 is 55.0. The summed E-state index contributed by atoms with van der Waals surface area (Å²) in [6.07, 6.45) is 0. The number of benzene rings is 2. The van der Waals surface area contributed by atoms with Crippen molar-refractivity contribution in [1.29, 1.82) is 0 Å². The van der Waals surface area contributed by atoms with Gasteiger partial charge >= 0.3 is 5.76 Å². The maximum absolute atomic E-state index is 14.8. The molecule has 4 rings (SSSR count). The number of aromatic nitrogens is 2. The normalized spacial score (nSPS) is 15.3. The lowest BCUT2D eigenvalue weighted by Crippen LogP contribution is -2.33. The van der Waals surface area contributed by atoms with Crippen molar-refractivity contribution in [2.45, 2.75) is 37.6 Å². The first-order valence-corrected chi connectivity index (χ1v) is 12.0. The molecule has 0 spiro atoms. The third-order valence-electron chi connectivity index (χ3n) is 5.70. The number of nitrogens with one attached hydrogen (secondary N) is 3.